The van der Waals surface area contributed by atoms with Crippen molar-refractivity contribution < 1.29 is 4.74 Å². The van der Waals surface area contributed by atoms with E-state index in [2.05, 4.69) is 16.0 Å². The molecule has 2 aromatic carbocycles. The highest BCUT2D eigenvalue weighted by Gasteiger charge is 2.11. The van der Waals surface area contributed by atoms with Gasteiger partial charge in [-0.3, -0.25) is 0 Å². The predicted molar refractivity (Wildman–Crippen MR) is 107 cm³/mol. The predicted octanol–water partition coefficient (Wildman–Crippen LogP) is 4.67. The number of allylic oxidation sites excluding steroid dienone is 1. The summed E-state index contributed by atoms with van der Waals surface area (Å²) in [7, 11) is 1.92. The molecule has 0 unspecified atom stereocenters. The van der Waals surface area contributed by atoms with Crippen LogP contribution in [0.2, 0.25) is 0 Å². The van der Waals surface area contributed by atoms with Crippen LogP contribution in [0.15, 0.2) is 59.4 Å². The molecule has 0 amide bonds. The molecule has 6 heteroatoms. The van der Waals surface area contributed by atoms with Gasteiger partial charge in [0.05, 0.1) is 27.8 Å². The van der Waals surface area contributed by atoms with Gasteiger partial charge in [-0.1, -0.05) is 24.3 Å². The molecule has 4 rings (SSSR count). The SMILES string of the molecule is Cn1c(/C(C#N)=C/c2ccc(OCc3cscn3)cc2)nc2ccccc21. The largest absolute Gasteiger partial charge is 0.487 e. The highest BCUT2D eigenvalue weighted by Crippen LogP contribution is 2.23. The average Bonchev–Trinajstić information content (AvgIpc) is 3.34. The van der Waals surface area contributed by atoms with Crippen molar-refractivity contribution >= 4 is 34.0 Å². The first kappa shape index (κ1) is 17.0. The van der Waals surface area contributed by atoms with Gasteiger partial charge in [0, 0.05) is 12.4 Å². The Morgan fingerprint density at radius 2 is 2.04 bits per heavy atom. The Kier molecular flexibility index (Phi) is 4.69. The number of aryl methyl sites for hydroxylation is 1. The first-order valence-electron chi connectivity index (χ1n) is 8.38. The van der Waals surface area contributed by atoms with Gasteiger partial charge in [-0.2, -0.15) is 5.26 Å². The number of hydrogen-bond acceptors (Lipinski definition) is 5. The number of imidazole rings is 1. The summed E-state index contributed by atoms with van der Waals surface area (Å²) in [5.41, 5.74) is 6.01. The van der Waals surface area contributed by atoms with Crippen LogP contribution in [0.5, 0.6) is 5.75 Å². The second kappa shape index (κ2) is 7.44. The molecule has 0 aliphatic rings. The first-order valence-corrected chi connectivity index (χ1v) is 9.32. The van der Waals surface area contributed by atoms with Crippen molar-refractivity contribution in [3.63, 3.8) is 0 Å². The van der Waals surface area contributed by atoms with Gasteiger partial charge >= 0.3 is 0 Å². The van der Waals surface area contributed by atoms with E-state index >= 15 is 0 Å². The monoisotopic (exact) mass is 372 g/mol. The van der Waals surface area contributed by atoms with Crippen molar-refractivity contribution in [3.8, 4) is 11.8 Å². The van der Waals surface area contributed by atoms with E-state index < -0.39 is 0 Å². The van der Waals surface area contributed by atoms with Crippen LogP contribution in [0.1, 0.15) is 17.1 Å². The lowest BCUT2D eigenvalue weighted by Gasteiger charge is -2.05. The minimum absolute atomic E-state index is 0.446. The Labute approximate surface area is 160 Å². The van der Waals surface area contributed by atoms with Gasteiger partial charge in [0.25, 0.3) is 0 Å². The van der Waals surface area contributed by atoms with E-state index in [1.165, 1.54) is 0 Å². The van der Waals surface area contributed by atoms with Crippen molar-refractivity contribution in [2.75, 3.05) is 0 Å². The van der Waals surface area contributed by atoms with Gasteiger partial charge in [0.1, 0.15) is 18.4 Å². The fourth-order valence-electron chi connectivity index (χ4n) is 2.83. The van der Waals surface area contributed by atoms with Gasteiger partial charge in [-0.25, -0.2) is 9.97 Å². The summed E-state index contributed by atoms with van der Waals surface area (Å²) in [6, 6.07) is 17.8. The molecular formula is C21H16N4OS. The van der Waals surface area contributed by atoms with E-state index in [4.69, 9.17) is 4.74 Å². The number of aromatic nitrogens is 3. The highest BCUT2D eigenvalue weighted by molar-refractivity contribution is 7.07. The van der Waals surface area contributed by atoms with E-state index in [1.54, 1.807) is 16.8 Å². The molecule has 27 heavy (non-hydrogen) atoms. The average molecular weight is 372 g/mol. The van der Waals surface area contributed by atoms with Gasteiger partial charge in [-0.05, 0) is 35.9 Å². The smallest absolute Gasteiger partial charge is 0.151 e. The zero-order chi connectivity index (χ0) is 18.6. The van der Waals surface area contributed by atoms with Crippen LogP contribution in [0.4, 0.5) is 0 Å². The molecule has 0 aliphatic carbocycles. The molecule has 2 aromatic heterocycles. The van der Waals surface area contributed by atoms with Gasteiger partial charge in [-0.15, -0.1) is 11.3 Å². The Morgan fingerprint density at radius 3 is 2.74 bits per heavy atom. The van der Waals surface area contributed by atoms with E-state index in [-0.39, 0.29) is 0 Å². The normalized spacial score (nSPS) is 11.5. The lowest BCUT2D eigenvalue weighted by atomic mass is 10.1. The number of nitriles is 1. The Morgan fingerprint density at radius 1 is 1.22 bits per heavy atom. The lowest BCUT2D eigenvalue weighted by Crippen LogP contribution is -1.96. The van der Waals surface area contributed by atoms with Crippen LogP contribution in [0.25, 0.3) is 22.7 Å². The first-order chi connectivity index (χ1) is 13.2. The highest BCUT2D eigenvalue weighted by atomic mass is 32.1. The fraction of sp³-hybridized carbons (Fsp3) is 0.0952. The molecule has 0 saturated carbocycles. The van der Waals surface area contributed by atoms with Crippen LogP contribution in [0, 0.1) is 11.3 Å². The number of nitrogens with zero attached hydrogens (tertiary/aromatic N) is 4. The molecule has 0 N–H and O–H groups in total. The molecule has 0 saturated heterocycles. The van der Waals surface area contributed by atoms with Crippen LogP contribution < -0.4 is 4.74 Å². The molecule has 0 radical (unpaired) electrons. The number of fused-ring (bicyclic) bond motifs is 1. The van der Waals surface area contributed by atoms with Crippen molar-refractivity contribution in [3.05, 3.63) is 76.5 Å². The Hall–Kier alpha value is -3.43. The molecule has 5 nitrogen and oxygen atoms in total. The standard InChI is InChI=1S/C21H16N4OS/c1-25-20-5-3-2-4-19(20)24-21(25)16(11-22)10-15-6-8-18(9-7-15)26-12-17-13-27-14-23-17/h2-10,13-14H,12H2,1H3/b16-10+. The van der Waals surface area contributed by atoms with E-state index in [0.717, 1.165) is 28.0 Å². The second-order valence-electron chi connectivity index (χ2n) is 5.99. The van der Waals surface area contributed by atoms with Crippen molar-refractivity contribution in [1.29, 1.82) is 5.26 Å². The molecule has 0 atom stereocenters. The van der Waals surface area contributed by atoms with Crippen molar-refractivity contribution in [2.45, 2.75) is 6.61 Å². The summed E-state index contributed by atoms with van der Waals surface area (Å²) >= 11 is 1.55. The van der Waals surface area contributed by atoms with Crippen LogP contribution >= 0.6 is 11.3 Å². The Bertz CT molecular complexity index is 1140. The molecule has 0 aliphatic heterocycles. The van der Waals surface area contributed by atoms with Crippen LogP contribution in [0.3, 0.4) is 0 Å². The number of benzene rings is 2. The number of para-hydroxylation sites is 2. The van der Waals surface area contributed by atoms with Gasteiger partial charge < -0.3 is 9.30 Å². The zero-order valence-electron chi connectivity index (χ0n) is 14.7. The molecule has 0 fully saturated rings. The van der Waals surface area contributed by atoms with Crippen molar-refractivity contribution in [2.24, 2.45) is 7.05 Å². The molecular weight excluding hydrogens is 356 g/mol. The molecule has 0 spiro atoms. The summed E-state index contributed by atoms with van der Waals surface area (Å²) in [5.74, 6) is 1.42. The van der Waals surface area contributed by atoms with Crippen LogP contribution in [-0.4, -0.2) is 14.5 Å². The third-order valence-corrected chi connectivity index (χ3v) is 4.85. The fourth-order valence-corrected chi connectivity index (χ4v) is 3.37. The summed E-state index contributed by atoms with van der Waals surface area (Å²) in [6.07, 6.45) is 1.84. The number of ether oxygens (including phenoxy) is 1. The zero-order valence-corrected chi connectivity index (χ0v) is 15.5. The summed E-state index contributed by atoms with van der Waals surface area (Å²) < 4.78 is 7.66. The molecule has 2 heterocycles. The third-order valence-electron chi connectivity index (χ3n) is 4.21. The van der Waals surface area contributed by atoms with E-state index in [1.807, 2.05) is 71.6 Å². The Balaban J connectivity index is 1.57. The number of rotatable bonds is 5. The van der Waals surface area contributed by atoms with Gasteiger partial charge in [0.2, 0.25) is 0 Å². The summed E-state index contributed by atoms with van der Waals surface area (Å²) in [4.78, 5) is 8.79. The quantitative estimate of drug-likeness (QED) is 0.478. The maximum Gasteiger partial charge on any atom is 0.151 e. The molecule has 132 valence electrons. The maximum absolute atomic E-state index is 9.63. The summed E-state index contributed by atoms with van der Waals surface area (Å²) in [5, 5.41) is 11.6. The maximum atomic E-state index is 9.63. The number of thiazole rings is 1. The van der Waals surface area contributed by atoms with E-state index in [0.29, 0.717) is 18.0 Å². The molecule has 0 bridgehead atoms. The van der Waals surface area contributed by atoms with Crippen LogP contribution in [-0.2, 0) is 13.7 Å². The lowest BCUT2D eigenvalue weighted by molar-refractivity contribution is 0.302. The van der Waals surface area contributed by atoms with Gasteiger partial charge in [0.15, 0.2) is 5.82 Å². The summed E-state index contributed by atoms with van der Waals surface area (Å²) in [6.45, 7) is 0.446. The molecule has 4 aromatic rings. The minimum atomic E-state index is 0.446. The topological polar surface area (TPSA) is 63.7 Å². The number of hydrogen-bond donors (Lipinski definition) is 0. The second-order valence-corrected chi connectivity index (χ2v) is 6.71. The third kappa shape index (κ3) is 3.59. The van der Waals surface area contributed by atoms with Crippen molar-refractivity contribution in [1.82, 2.24) is 14.5 Å². The minimum Gasteiger partial charge on any atom is -0.487 e. The van der Waals surface area contributed by atoms with E-state index in [9.17, 15) is 5.26 Å².